The lowest BCUT2D eigenvalue weighted by atomic mass is 9.89. The molecule has 132 valence electrons. The van der Waals surface area contributed by atoms with Crippen LogP contribution in [0.4, 0.5) is 5.69 Å². The van der Waals surface area contributed by atoms with Crippen LogP contribution in [-0.4, -0.2) is 20.3 Å². The third-order valence-electron chi connectivity index (χ3n) is 3.91. The minimum atomic E-state index is -3.34. The molecule has 6 heteroatoms. The van der Waals surface area contributed by atoms with Gasteiger partial charge in [-0.1, -0.05) is 17.7 Å². The zero-order valence-electron chi connectivity index (χ0n) is 14.6. The Kier molecular flexibility index (Phi) is 4.33. The maximum atomic E-state index is 11.5. The van der Waals surface area contributed by atoms with Crippen LogP contribution in [0.5, 0.6) is 5.75 Å². The number of hydrogen-bond acceptors (Lipinski definition) is 3. The Bertz CT molecular complexity index is 978. The molecule has 0 bridgehead atoms. The van der Waals surface area contributed by atoms with Crippen molar-refractivity contribution >= 4 is 32.9 Å². The van der Waals surface area contributed by atoms with Crippen molar-refractivity contribution < 1.29 is 13.2 Å². The van der Waals surface area contributed by atoms with Crippen LogP contribution in [0.3, 0.4) is 0 Å². The highest BCUT2D eigenvalue weighted by molar-refractivity contribution is 7.92. The minimum absolute atomic E-state index is 0.477. The Hall–Kier alpha value is -1.98. The molecule has 0 aliphatic carbocycles. The summed E-state index contributed by atoms with van der Waals surface area (Å²) in [5.74, 6) is 0.642. The molecule has 0 saturated heterocycles. The van der Waals surface area contributed by atoms with Crippen LogP contribution in [0.25, 0.3) is 5.57 Å². The van der Waals surface area contributed by atoms with Gasteiger partial charge in [0.2, 0.25) is 10.0 Å². The van der Waals surface area contributed by atoms with Gasteiger partial charge in [0.05, 0.1) is 11.9 Å². The van der Waals surface area contributed by atoms with Crippen molar-refractivity contribution in [1.29, 1.82) is 0 Å². The maximum absolute atomic E-state index is 11.5. The molecule has 0 radical (unpaired) electrons. The Morgan fingerprint density at radius 1 is 1.12 bits per heavy atom. The normalized spacial score (nSPS) is 15.8. The standard InChI is InChI=1S/C19H20ClNO3S/c1-12-9-13(5-8-17(12)20)16-11-19(2,3)24-18-10-14(6-7-15(16)18)21-25(4,22)23/h5-11,21H,1-4H3. The van der Waals surface area contributed by atoms with Crippen LogP contribution >= 0.6 is 11.6 Å². The molecular weight excluding hydrogens is 358 g/mol. The summed E-state index contributed by atoms with van der Waals surface area (Å²) < 4.78 is 31.5. The first kappa shape index (κ1) is 17.8. The van der Waals surface area contributed by atoms with E-state index in [4.69, 9.17) is 16.3 Å². The average Bonchev–Trinajstić information content (AvgIpc) is 2.46. The van der Waals surface area contributed by atoms with Crippen molar-refractivity contribution in [1.82, 2.24) is 0 Å². The Morgan fingerprint density at radius 3 is 2.48 bits per heavy atom. The molecule has 0 atom stereocenters. The SMILES string of the molecule is Cc1cc(C2=CC(C)(C)Oc3cc(NS(C)(=O)=O)ccc32)ccc1Cl. The van der Waals surface area contributed by atoms with Crippen molar-refractivity contribution in [3.05, 3.63) is 64.2 Å². The van der Waals surface area contributed by atoms with E-state index in [1.165, 1.54) is 0 Å². The Balaban J connectivity index is 2.11. The number of fused-ring (bicyclic) bond motifs is 1. The summed E-state index contributed by atoms with van der Waals surface area (Å²) in [6.45, 7) is 5.90. The van der Waals surface area contributed by atoms with Gasteiger partial charge in [0, 0.05) is 16.7 Å². The molecule has 1 heterocycles. The van der Waals surface area contributed by atoms with E-state index in [0.29, 0.717) is 11.4 Å². The van der Waals surface area contributed by atoms with Crippen LogP contribution in [0.15, 0.2) is 42.5 Å². The van der Waals surface area contributed by atoms with E-state index in [-0.39, 0.29) is 0 Å². The summed E-state index contributed by atoms with van der Waals surface area (Å²) in [6, 6.07) is 11.2. The summed E-state index contributed by atoms with van der Waals surface area (Å²) in [5.41, 5.74) is 3.96. The van der Waals surface area contributed by atoms with Crippen LogP contribution < -0.4 is 9.46 Å². The second-order valence-electron chi connectivity index (χ2n) is 6.81. The van der Waals surface area contributed by atoms with E-state index in [2.05, 4.69) is 10.8 Å². The van der Waals surface area contributed by atoms with Crippen LogP contribution in [0, 0.1) is 6.92 Å². The first-order valence-corrected chi connectivity index (χ1v) is 10.1. The van der Waals surface area contributed by atoms with Crippen molar-refractivity contribution in [2.24, 2.45) is 0 Å². The number of hydrogen-bond donors (Lipinski definition) is 1. The molecule has 0 unspecified atom stereocenters. The third kappa shape index (κ3) is 3.99. The van der Waals surface area contributed by atoms with Gasteiger partial charge in [-0.3, -0.25) is 4.72 Å². The van der Waals surface area contributed by atoms with Gasteiger partial charge < -0.3 is 4.74 Å². The van der Waals surface area contributed by atoms with E-state index in [9.17, 15) is 8.42 Å². The van der Waals surface area contributed by atoms with E-state index in [0.717, 1.165) is 33.5 Å². The lowest BCUT2D eigenvalue weighted by molar-refractivity contribution is 0.158. The number of benzene rings is 2. The molecule has 0 amide bonds. The number of rotatable bonds is 3. The lowest BCUT2D eigenvalue weighted by Crippen LogP contribution is -2.29. The number of sulfonamides is 1. The summed E-state index contributed by atoms with van der Waals surface area (Å²) >= 11 is 6.15. The smallest absolute Gasteiger partial charge is 0.229 e. The Morgan fingerprint density at radius 2 is 1.84 bits per heavy atom. The first-order chi connectivity index (χ1) is 11.5. The molecule has 0 saturated carbocycles. The largest absolute Gasteiger partial charge is 0.483 e. The molecule has 25 heavy (non-hydrogen) atoms. The first-order valence-electron chi connectivity index (χ1n) is 7.85. The third-order valence-corrected chi connectivity index (χ3v) is 4.94. The molecule has 1 aliphatic rings. The molecule has 2 aromatic rings. The van der Waals surface area contributed by atoms with Crippen molar-refractivity contribution in [2.45, 2.75) is 26.4 Å². The predicted molar refractivity (Wildman–Crippen MR) is 103 cm³/mol. The van der Waals surface area contributed by atoms with Crippen molar-refractivity contribution in [3.8, 4) is 5.75 Å². The highest BCUT2D eigenvalue weighted by atomic mass is 35.5. The molecule has 3 rings (SSSR count). The van der Waals surface area contributed by atoms with Crippen LogP contribution in [-0.2, 0) is 10.0 Å². The monoisotopic (exact) mass is 377 g/mol. The fourth-order valence-electron chi connectivity index (χ4n) is 2.90. The zero-order valence-corrected chi connectivity index (χ0v) is 16.1. The summed E-state index contributed by atoms with van der Waals surface area (Å²) in [6.07, 6.45) is 3.20. The van der Waals surface area contributed by atoms with Gasteiger partial charge in [0.1, 0.15) is 11.4 Å². The van der Waals surface area contributed by atoms with E-state index in [1.54, 1.807) is 12.1 Å². The summed E-state index contributed by atoms with van der Waals surface area (Å²) in [5, 5.41) is 0.726. The molecule has 4 nitrogen and oxygen atoms in total. The van der Waals surface area contributed by atoms with E-state index in [1.807, 2.05) is 45.0 Å². The van der Waals surface area contributed by atoms with Gasteiger partial charge in [0.15, 0.2) is 0 Å². The van der Waals surface area contributed by atoms with Crippen molar-refractivity contribution in [3.63, 3.8) is 0 Å². The number of nitrogens with one attached hydrogen (secondary N) is 1. The van der Waals surface area contributed by atoms with Gasteiger partial charge in [-0.25, -0.2) is 8.42 Å². The molecule has 0 aromatic heterocycles. The fourth-order valence-corrected chi connectivity index (χ4v) is 3.57. The fraction of sp³-hybridized carbons (Fsp3) is 0.263. The van der Waals surface area contributed by atoms with Crippen LogP contribution in [0.1, 0.15) is 30.5 Å². The zero-order chi connectivity index (χ0) is 18.4. The number of halogens is 1. The minimum Gasteiger partial charge on any atom is -0.483 e. The number of anilines is 1. The van der Waals surface area contributed by atoms with Gasteiger partial charge in [-0.2, -0.15) is 0 Å². The van der Waals surface area contributed by atoms with Gasteiger partial charge >= 0.3 is 0 Å². The number of aryl methyl sites for hydroxylation is 1. The topological polar surface area (TPSA) is 55.4 Å². The average molecular weight is 378 g/mol. The van der Waals surface area contributed by atoms with Crippen molar-refractivity contribution in [2.75, 3.05) is 11.0 Å². The molecule has 0 fully saturated rings. The van der Waals surface area contributed by atoms with Gasteiger partial charge in [-0.15, -0.1) is 0 Å². The number of ether oxygens (including phenoxy) is 1. The highest BCUT2D eigenvalue weighted by Gasteiger charge is 2.27. The summed E-state index contributed by atoms with van der Waals surface area (Å²) in [4.78, 5) is 0. The van der Waals surface area contributed by atoms with E-state index < -0.39 is 15.6 Å². The quantitative estimate of drug-likeness (QED) is 0.848. The van der Waals surface area contributed by atoms with Gasteiger partial charge in [-0.05, 0) is 67.8 Å². The molecule has 1 aliphatic heterocycles. The lowest BCUT2D eigenvalue weighted by Gasteiger charge is -2.31. The maximum Gasteiger partial charge on any atom is 0.229 e. The Labute approximate surface area is 153 Å². The molecule has 1 N–H and O–H groups in total. The van der Waals surface area contributed by atoms with Gasteiger partial charge in [0.25, 0.3) is 0 Å². The molecular formula is C19H20ClNO3S. The predicted octanol–water partition coefficient (Wildman–Crippen LogP) is 4.62. The summed E-state index contributed by atoms with van der Waals surface area (Å²) in [7, 11) is -3.34. The van der Waals surface area contributed by atoms with E-state index >= 15 is 0 Å². The second-order valence-corrected chi connectivity index (χ2v) is 8.97. The molecule has 2 aromatic carbocycles. The highest BCUT2D eigenvalue weighted by Crippen LogP contribution is 2.41. The molecule has 0 spiro atoms. The van der Waals surface area contributed by atoms with Crippen LogP contribution in [0.2, 0.25) is 5.02 Å². The second kappa shape index (κ2) is 6.07.